The molecule has 0 bridgehead atoms. The normalized spacial score (nSPS) is 27.3. The molecule has 0 aromatic rings. The van der Waals surface area contributed by atoms with Crippen LogP contribution < -0.4 is 0 Å². The van der Waals surface area contributed by atoms with Crippen LogP contribution in [-0.2, 0) is 19.1 Å². The summed E-state index contributed by atoms with van der Waals surface area (Å²) in [7, 11) is 1.32. The molecular formula is C8H12O4. The van der Waals surface area contributed by atoms with Gasteiger partial charge in [-0.3, -0.25) is 9.59 Å². The van der Waals surface area contributed by atoms with Crippen molar-refractivity contribution in [3.8, 4) is 0 Å². The van der Waals surface area contributed by atoms with Gasteiger partial charge >= 0.3 is 11.9 Å². The summed E-state index contributed by atoms with van der Waals surface area (Å²) in [6.45, 7) is 1.90. The Kier molecular flexibility index (Phi) is 2.68. The Balaban J connectivity index is 2.36. The van der Waals surface area contributed by atoms with Crippen molar-refractivity contribution in [1.82, 2.24) is 0 Å². The third-order valence-electron chi connectivity index (χ3n) is 2.05. The highest BCUT2D eigenvalue weighted by Gasteiger charge is 2.42. The van der Waals surface area contributed by atoms with E-state index in [1.165, 1.54) is 7.11 Å². The van der Waals surface area contributed by atoms with Crippen LogP contribution in [0.4, 0.5) is 0 Å². The monoisotopic (exact) mass is 172 g/mol. The van der Waals surface area contributed by atoms with E-state index in [0.717, 1.165) is 6.42 Å². The Morgan fingerprint density at radius 1 is 1.67 bits per heavy atom. The zero-order chi connectivity index (χ0) is 9.14. The lowest BCUT2D eigenvalue weighted by Gasteiger charge is -2.33. The van der Waals surface area contributed by atoms with Gasteiger partial charge in [-0.1, -0.05) is 6.92 Å². The van der Waals surface area contributed by atoms with E-state index in [9.17, 15) is 9.59 Å². The molecule has 0 unspecified atom stereocenters. The van der Waals surface area contributed by atoms with Crippen LogP contribution in [0, 0.1) is 5.92 Å². The molecule has 0 amide bonds. The third kappa shape index (κ3) is 1.57. The lowest BCUT2D eigenvalue weighted by atomic mass is 9.92. The smallest absolute Gasteiger partial charge is 0.313 e. The molecule has 4 nitrogen and oxygen atoms in total. The molecule has 1 rings (SSSR count). The van der Waals surface area contributed by atoms with Gasteiger partial charge in [-0.25, -0.2) is 0 Å². The van der Waals surface area contributed by atoms with E-state index in [0.29, 0.717) is 0 Å². The molecule has 4 heteroatoms. The first-order chi connectivity index (χ1) is 5.69. The Labute approximate surface area is 70.8 Å². The molecule has 0 spiro atoms. The van der Waals surface area contributed by atoms with E-state index in [-0.39, 0.29) is 30.4 Å². The van der Waals surface area contributed by atoms with Crippen molar-refractivity contribution < 1.29 is 19.1 Å². The predicted molar refractivity (Wildman–Crippen MR) is 40.3 cm³/mol. The van der Waals surface area contributed by atoms with E-state index < -0.39 is 0 Å². The van der Waals surface area contributed by atoms with Gasteiger partial charge in [-0.15, -0.1) is 0 Å². The van der Waals surface area contributed by atoms with Gasteiger partial charge in [0.05, 0.1) is 19.4 Å². The zero-order valence-corrected chi connectivity index (χ0v) is 7.20. The quantitative estimate of drug-likeness (QED) is 0.582. The van der Waals surface area contributed by atoms with Crippen molar-refractivity contribution in [2.45, 2.75) is 25.9 Å². The van der Waals surface area contributed by atoms with Crippen LogP contribution in [0.3, 0.4) is 0 Å². The average Bonchev–Trinajstić information content (AvgIpc) is 2.04. The number of hydrogen-bond donors (Lipinski definition) is 0. The van der Waals surface area contributed by atoms with E-state index >= 15 is 0 Å². The fourth-order valence-corrected chi connectivity index (χ4v) is 1.26. The van der Waals surface area contributed by atoms with Crippen molar-refractivity contribution in [1.29, 1.82) is 0 Å². The second-order valence-electron chi connectivity index (χ2n) is 2.77. The number of esters is 2. The standard InChI is InChI=1S/C8H12O4/c1-3-5-6(12-8(5)10)4-7(9)11-2/h5-6H,3-4H2,1-2H3/t5-,6-/m0/s1. The molecule has 1 aliphatic heterocycles. The summed E-state index contributed by atoms with van der Waals surface area (Å²) >= 11 is 0. The van der Waals surface area contributed by atoms with E-state index in [1.54, 1.807) is 0 Å². The van der Waals surface area contributed by atoms with Crippen LogP contribution in [0.5, 0.6) is 0 Å². The molecule has 0 aromatic carbocycles. The van der Waals surface area contributed by atoms with Crippen LogP contribution in [0.2, 0.25) is 0 Å². The minimum absolute atomic E-state index is 0.107. The van der Waals surface area contributed by atoms with Gasteiger partial charge in [0, 0.05) is 0 Å². The van der Waals surface area contributed by atoms with Gasteiger partial charge in [-0.2, -0.15) is 0 Å². The van der Waals surface area contributed by atoms with E-state index in [4.69, 9.17) is 4.74 Å². The molecule has 0 aliphatic carbocycles. The van der Waals surface area contributed by atoms with E-state index in [1.807, 2.05) is 6.92 Å². The lowest BCUT2D eigenvalue weighted by Crippen LogP contribution is -2.45. The maximum absolute atomic E-state index is 10.8. The minimum Gasteiger partial charge on any atom is -0.469 e. The molecule has 1 fully saturated rings. The van der Waals surface area contributed by atoms with Gasteiger partial charge in [-0.05, 0) is 6.42 Å². The zero-order valence-electron chi connectivity index (χ0n) is 7.20. The highest BCUT2D eigenvalue weighted by atomic mass is 16.6. The molecule has 1 aliphatic rings. The van der Waals surface area contributed by atoms with Crippen molar-refractivity contribution in [2.24, 2.45) is 5.92 Å². The molecule has 12 heavy (non-hydrogen) atoms. The largest absolute Gasteiger partial charge is 0.469 e. The van der Waals surface area contributed by atoms with Crippen LogP contribution in [0.1, 0.15) is 19.8 Å². The number of carbonyl (C=O) groups excluding carboxylic acids is 2. The second-order valence-corrected chi connectivity index (χ2v) is 2.77. The second kappa shape index (κ2) is 3.56. The van der Waals surface area contributed by atoms with Crippen LogP contribution >= 0.6 is 0 Å². The summed E-state index contributed by atoms with van der Waals surface area (Å²) in [6, 6.07) is 0. The summed E-state index contributed by atoms with van der Waals surface area (Å²) in [5.41, 5.74) is 0. The number of ether oxygens (including phenoxy) is 2. The molecule has 2 atom stereocenters. The number of hydrogen-bond acceptors (Lipinski definition) is 4. The highest BCUT2D eigenvalue weighted by Crippen LogP contribution is 2.27. The Morgan fingerprint density at radius 3 is 2.75 bits per heavy atom. The fraction of sp³-hybridized carbons (Fsp3) is 0.750. The molecule has 1 heterocycles. The van der Waals surface area contributed by atoms with Gasteiger partial charge in [0.25, 0.3) is 0 Å². The number of carbonyl (C=O) groups is 2. The summed E-state index contributed by atoms with van der Waals surface area (Å²) in [5, 5.41) is 0. The number of methoxy groups -OCH3 is 1. The summed E-state index contributed by atoms with van der Waals surface area (Å²) in [4.78, 5) is 21.5. The maximum Gasteiger partial charge on any atom is 0.313 e. The third-order valence-corrected chi connectivity index (χ3v) is 2.05. The van der Waals surface area contributed by atoms with Gasteiger partial charge in [0.15, 0.2) is 0 Å². The Hall–Kier alpha value is -1.06. The van der Waals surface area contributed by atoms with Crippen molar-refractivity contribution in [2.75, 3.05) is 7.11 Å². The minimum atomic E-state index is -0.328. The van der Waals surface area contributed by atoms with Crippen molar-refractivity contribution in [3.63, 3.8) is 0 Å². The van der Waals surface area contributed by atoms with Gasteiger partial charge < -0.3 is 9.47 Å². The highest BCUT2D eigenvalue weighted by molar-refractivity contribution is 5.81. The Morgan fingerprint density at radius 2 is 2.33 bits per heavy atom. The fourth-order valence-electron chi connectivity index (χ4n) is 1.26. The molecule has 0 radical (unpaired) electrons. The maximum atomic E-state index is 10.8. The van der Waals surface area contributed by atoms with E-state index in [2.05, 4.69) is 4.74 Å². The first-order valence-electron chi connectivity index (χ1n) is 3.96. The molecule has 1 saturated heterocycles. The SMILES string of the molecule is CC[C@@H]1C(=O)O[C@H]1CC(=O)OC. The molecule has 68 valence electrons. The van der Waals surface area contributed by atoms with Gasteiger partial charge in [0.1, 0.15) is 6.10 Å². The number of cyclic esters (lactones) is 1. The average molecular weight is 172 g/mol. The van der Waals surface area contributed by atoms with Crippen molar-refractivity contribution in [3.05, 3.63) is 0 Å². The lowest BCUT2D eigenvalue weighted by molar-refractivity contribution is -0.187. The van der Waals surface area contributed by atoms with Crippen molar-refractivity contribution >= 4 is 11.9 Å². The molecular weight excluding hydrogens is 160 g/mol. The van der Waals surface area contributed by atoms with Crippen LogP contribution in [0.15, 0.2) is 0 Å². The molecule has 0 aromatic heterocycles. The van der Waals surface area contributed by atoms with Crippen LogP contribution in [-0.4, -0.2) is 25.2 Å². The first kappa shape index (κ1) is 9.03. The topological polar surface area (TPSA) is 52.6 Å². The number of rotatable bonds is 3. The summed E-state index contributed by atoms with van der Waals surface area (Å²) < 4.78 is 9.23. The summed E-state index contributed by atoms with van der Waals surface area (Å²) in [6.07, 6.45) is 0.649. The molecule has 0 N–H and O–H groups in total. The summed E-state index contributed by atoms with van der Waals surface area (Å²) in [5.74, 6) is -0.638. The van der Waals surface area contributed by atoms with Gasteiger partial charge in [0.2, 0.25) is 0 Å². The Bertz CT molecular complexity index is 199. The molecule has 0 saturated carbocycles. The predicted octanol–water partition coefficient (Wildman–Crippen LogP) is 0.501. The van der Waals surface area contributed by atoms with Crippen LogP contribution in [0.25, 0.3) is 0 Å². The first-order valence-corrected chi connectivity index (χ1v) is 3.96.